The molecule has 18 heavy (non-hydrogen) atoms. The first-order chi connectivity index (χ1) is 8.61. The van der Waals surface area contributed by atoms with Crippen LogP contribution in [0.4, 0.5) is 0 Å². The number of benzene rings is 1. The van der Waals surface area contributed by atoms with Crippen LogP contribution in [0, 0.1) is 16.7 Å². The molecule has 0 spiro atoms. The minimum absolute atomic E-state index is 0.169. The van der Waals surface area contributed by atoms with Crippen molar-refractivity contribution in [2.24, 2.45) is 5.41 Å². The summed E-state index contributed by atoms with van der Waals surface area (Å²) in [5, 5.41) is 11.7. The normalized spacial score (nSPS) is 15.6. The van der Waals surface area contributed by atoms with Crippen molar-refractivity contribution in [2.45, 2.75) is 19.4 Å². The van der Waals surface area contributed by atoms with Crippen LogP contribution in [-0.2, 0) is 11.3 Å². The van der Waals surface area contributed by atoms with E-state index in [1.807, 2.05) is 18.2 Å². The van der Waals surface area contributed by atoms with E-state index in [0.717, 1.165) is 15.8 Å². The van der Waals surface area contributed by atoms with Gasteiger partial charge in [0, 0.05) is 6.54 Å². The molecule has 94 valence electrons. The van der Waals surface area contributed by atoms with Crippen molar-refractivity contribution in [3.8, 4) is 11.8 Å². The zero-order valence-electron chi connectivity index (χ0n) is 10.00. The summed E-state index contributed by atoms with van der Waals surface area (Å²) in [6.45, 7) is 0.421. The molecule has 0 bridgehead atoms. The summed E-state index contributed by atoms with van der Waals surface area (Å²) >= 11 is 3.39. The Kier molecular flexibility index (Phi) is 3.58. The Bertz CT molecular complexity index is 518. The average Bonchev–Trinajstić information content (AvgIpc) is 3.17. The maximum atomic E-state index is 11.8. The van der Waals surface area contributed by atoms with Crippen molar-refractivity contribution in [1.29, 1.82) is 5.26 Å². The van der Waals surface area contributed by atoms with Crippen LogP contribution in [0.3, 0.4) is 0 Å². The lowest BCUT2D eigenvalue weighted by Gasteiger charge is -2.09. The van der Waals surface area contributed by atoms with E-state index in [0.29, 0.717) is 19.4 Å². The molecule has 1 amide bonds. The number of methoxy groups -OCH3 is 1. The highest BCUT2D eigenvalue weighted by Crippen LogP contribution is 2.45. The van der Waals surface area contributed by atoms with Gasteiger partial charge in [-0.05, 0) is 46.5 Å². The first-order valence-corrected chi connectivity index (χ1v) is 6.42. The molecule has 0 atom stereocenters. The van der Waals surface area contributed by atoms with Crippen LogP contribution >= 0.6 is 15.9 Å². The van der Waals surface area contributed by atoms with Crippen LogP contribution in [-0.4, -0.2) is 13.0 Å². The summed E-state index contributed by atoms with van der Waals surface area (Å²) in [6.07, 6.45) is 1.34. The molecule has 1 aliphatic carbocycles. The van der Waals surface area contributed by atoms with Crippen molar-refractivity contribution in [3.63, 3.8) is 0 Å². The molecule has 5 heteroatoms. The highest BCUT2D eigenvalue weighted by atomic mass is 79.9. The Balaban J connectivity index is 1.97. The first-order valence-electron chi connectivity index (χ1n) is 5.63. The molecule has 1 aromatic carbocycles. The molecule has 0 unspecified atom stereocenters. The Morgan fingerprint density at radius 2 is 2.33 bits per heavy atom. The summed E-state index contributed by atoms with van der Waals surface area (Å²) in [6, 6.07) is 7.69. The van der Waals surface area contributed by atoms with E-state index in [2.05, 4.69) is 27.3 Å². The topological polar surface area (TPSA) is 62.1 Å². The largest absolute Gasteiger partial charge is 0.496 e. The summed E-state index contributed by atoms with van der Waals surface area (Å²) in [5.41, 5.74) is 0.203. The lowest BCUT2D eigenvalue weighted by Crippen LogP contribution is -2.30. The molecule has 0 saturated heterocycles. The lowest BCUT2D eigenvalue weighted by molar-refractivity contribution is -0.124. The molecule has 1 saturated carbocycles. The molecule has 1 N–H and O–H groups in total. The third kappa shape index (κ3) is 2.49. The van der Waals surface area contributed by atoms with E-state index in [9.17, 15) is 4.79 Å². The van der Waals surface area contributed by atoms with Gasteiger partial charge in [0.25, 0.3) is 0 Å². The number of halogens is 1. The van der Waals surface area contributed by atoms with Crippen LogP contribution in [0.5, 0.6) is 5.75 Å². The fourth-order valence-electron chi connectivity index (χ4n) is 1.69. The molecule has 1 aliphatic rings. The van der Waals surface area contributed by atoms with Crippen molar-refractivity contribution in [2.75, 3.05) is 7.11 Å². The van der Waals surface area contributed by atoms with E-state index in [1.165, 1.54) is 0 Å². The fraction of sp³-hybridized carbons (Fsp3) is 0.385. The number of carbonyl (C=O) groups is 1. The number of carbonyl (C=O) groups excluding carboxylic acids is 1. The molecule has 1 aromatic rings. The minimum Gasteiger partial charge on any atom is -0.496 e. The monoisotopic (exact) mass is 308 g/mol. The van der Waals surface area contributed by atoms with Crippen LogP contribution in [0.25, 0.3) is 0 Å². The Morgan fingerprint density at radius 1 is 1.61 bits per heavy atom. The average molecular weight is 309 g/mol. The predicted octanol–water partition coefficient (Wildman–Crippen LogP) is 2.38. The number of rotatable bonds is 4. The fourth-order valence-corrected chi connectivity index (χ4v) is 2.27. The van der Waals surface area contributed by atoms with Crippen LogP contribution in [0.15, 0.2) is 22.7 Å². The zero-order chi connectivity index (χ0) is 13.2. The van der Waals surface area contributed by atoms with Gasteiger partial charge in [0.2, 0.25) is 5.91 Å². The second-order valence-corrected chi connectivity index (χ2v) is 5.20. The van der Waals surface area contributed by atoms with E-state index in [1.54, 1.807) is 7.11 Å². The minimum atomic E-state index is -0.760. The molecular weight excluding hydrogens is 296 g/mol. The van der Waals surface area contributed by atoms with Crippen molar-refractivity contribution < 1.29 is 9.53 Å². The van der Waals surface area contributed by atoms with Gasteiger partial charge in [-0.1, -0.05) is 6.07 Å². The molecule has 0 aliphatic heterocycles. The number of nitriles is 1. The molecule has 0 aromatic heterocycles. The number of hydrogen-bond acceptors (Lipinski definition) is 3. The van der Waals surface area contributed by atoms with Crippen molar-refractivity contribution in [3.05, 3.63) is 28.2 Å². The van der Waals surface area contributed by atoms with E-state index in [-0.39, 0.29) is 5.91 Å². The number of nitrogens with zero attached hydrogens (tertiary/aromatic N) is 1. The first kappa shape index (κ1) is 12.9. The molecule has 1 fully saturated rings. The summed E-state index contributed by atoms with van der Waals surface area (Å²) in [7, 11) is 1.60. The van der Waals surface area contributed by atoms with Gasteiger partial charge in [-0.2, -0.15) is 5.26 Å². The van der Waals surface area contributed by atoms with Gasteiger partial charge < -0.3 is 10.1 Å². The smallest absolute Gasteiger partial charge is 0.240 e. The Labute approximate surface area is 114 Å². The van der Waals surface area contributed by atoms with Crippen molar-refractivity contribution in [1.82, 2.24) is 5.32 Å². The standard InChI is InChI=1S/C13H13BrN2O2/c1-18-11-3-2-9(6-10(11)14)7-16-12(17)13(8-15)4-5-13/h2-3,6H,4-5,7H2,1H3,(H,16,17). The van der Waals surface area contributed by atoms with Gasteiger partial charge in [-0.15, -0.1) is 0 Å². The molecule has 0 radical (unpaired) electrons. The molecule has 0 heterocycles. The van der Waals surface area contributed by atoms with E-state index in [4.69, 9.17) is 10.00 Å². The molecule has 4 nitrogen and oxygen atoms in total. The highest BCUT2D eigenvalue weighted by molar-refractivity contribution is 9.10. The van der Waals surface area contributed by atoms with Crippen LogP contribution in [0.2, 0.25) is 0 Å². The van der Waals surface area contributed by atoms with Crippen LogP contribution < -0.4 is 10.1 Å². The Hall–Kier alpha value is -1.54. The number of nitrogens with one attached hydrogen (secondary N) is 1. The van der Waals surface area contributed by atoms with Gasteiger partial charge in [-0.25, -0.2) is 0 Å². The maximum absolute atomic E-state index is 11.8. The van der Waals surface area contributed by atoms with Gasteiger partial charge >= 0.3 is 0 Å². The number of hydrogen-bond donors (Lipinski definition) is 1. The number of amides is 1. The highest BCUT2D eigenvalue weighted by Gasteiger charge is 2.50. The third-order valence-electron chi connectivity index (χ3n) is 3.07. The van der Waals surface area contributed by atoms with Gasteiger partial charge in [0.1, 0.15) is 11.2 Å². The van der Waals surface area contributed by atoms with Crippen molar-refractivity contribution >= 4 is 21.8 Å². The third-order valence-corrected chi connectivity index (χ3v) is 3.69. The lowest BCUT2D eigenvalue weighted by atomic mass is 10.1. The quantitative estimate of drug-likeness (QED) is 0.929. The van der Waals surface area contributed by atoms with E-state index >= 15 is 0 Å². The molecule has 2 rings (SSSR count). The summed E-state index contributed by atoms with van der Waals surface area (Å²) < 4.78 is 5.98. The van der Waals surface area contributed by atoms with Crippen LogP contribution in [0.1, 0.15) is 18.4 Å². The van der Waals surface area contributed by atoms with Gasteiger partial charge in [-0.3, -0.25) is 4.79 Å². The second kappa shape index (κ2) is 4.99. The SMILES string of the molecule is COc1ccc(CNC(=O)C2(C#N)CC2)cc1Br. The summed E-state index contributed by atoms with van der Waals surface area (Å²) in [5.74, 6) is 0.581. The summed E-state index contributed by atoms with van der Waals surface area (Å²) in [4.78, 5) is 11.8. The Morgan fingerprint density at radius 3 is 2.83 bits per heavy atom. The molecular formula is C13H13BrN2O2. The zero-order valence-corrected chi connectivity index (χ0v) is 11.6. The predicted molar refractivity (Wildman–Crippen MR) is 69.8 cm³/mol. The number of ether oxygens (including phenoxy) is 1. The van der Waals surface area contributed by atoms with Gasteiger partial charge in [0.15, 0.2) is 0 Å². The van der Waals surface area contributed by atoms with Gasteiger partial charge in [0.05, 0.1) is 17.7 Å². The maximum Gasteiger partial charge on any atom is 0.240 e. The second-order valence-electron chi connectivity index (χ2n) is 4.35. The van der Waals surface area contributed by atoms with E-state index < -0.39 is 5.41 Å².